The zero-order valence-corrected chi connectivity index (χ0v) is 9.80. The van der Waals surface area contributed by atoms with Crippen molar-refractivity contribution in [3.8, 4) is 11.5 Å². The molecule has 0 aliphatic carbocycles. The van der Waals surface area contributed by atoms with Crippen LogP contribution in [-0.2, 0) is 4.79 Å². The van der Waals surface area contributed by atoms with E-state index in [1.807, 2.05) is 0 Å². The van der Waals surface area contributed by atoms with Gasteiger partial charge in [0.05, 0.1) is 18.1 Å². The maximum Gasteiger partial charge on any atom is 0.273 e. The van der Waals surface area contributed by atoms with E-state index in [4.69, 9.17) is 9.47 Å². The fourth-order valence-electron chi connectivity index (χ4n) is 1.14. The van der Waals surface area contributed by atoms with Gasteiger partial charge in [-0.15, -0.1) is 0 Å². The first-order valence-electron chi connectivity index (χ1n) is 4.95. The van der Waals surface area contributed by atoms with Crippen molar-refractivity contribution in [3.63, 3.8) is 0 Å². The molecule has 92 valence electrons. The Morgan fingerprint density at radius 1 is 1.41 bits per heavy atom. The summed E-state index contributed by atoms with van der Waals surface area (Å²) >= 11 is 0. The summed E-state index contributed by atoms with van der Waals surface area (Å²) in [7, 11) is 1.42. The molecule has 0 saturated carbocycles. The lowest BCUT2D eigenvalue weighted by atomic mass is 10.2. The Kier molecular flexibility index (Phi) is 4.03. The minimum Gasteiger partial charge on any atom is -0.493 e. The third-order valence-corrected chi connectivity index (χ3v) is 2.23. The van der Waals surface area contributed by atoms with Crippen LogP contribution in [0.15, 0.2) is 18.2 Å². The van der Waals surface area contributed by atoms with Gasteiger partial charge >= 0.3 is 0 Å². The predicted molar refractivity (Wildman–Crippen MR) is 60.4 cm³/mol. The molecule has 0 aromatic heterocycles. The van der Waals surface area contributed by atoms with Gasteiger partial charge in [0, 0.05) is 6.07 Å². The summed E-state index contributed by atoms with van der Waals surface area (Å²) in [4.78, 5) is 21.1. The molecule has 17 heavy (non-hydrogen) atoms. The monoisotopic (exact) mass is 239 g/mol. The fourth-order valence-corrected chi connectivity index (χ4v) is 1.14. The molecular formula is C11H13NO5. The SMILES string of the molecule is COc1ccc([N+](=O)[O-])cc1O[C@@H](C)C(C)=O. The number of carbonyl (C=O) groups excluding carboxylic acids is 1. The number of nitro groups is 1. The van der Waals surface area contributed by atoms with Gasteiger partial charge in [-0.25, -0.2) is 0 Å². The highest BCUT2D eigenvalue weighted by Gasteiger charge is 2.16. The van der Waals surface area contributed by atoms with Gasteiger partial charge in [0.1, 0.15) is 0 Å². The summed E-state index contributed by atoms with van der Waals surface area (Å²) in [5.41, 5.74) is -0.114. The van der Waals surface area contributed by atoms with E-state index in [0.29, 0.717) is 5.75 Å². The topological polar surface area (TPSA) is 78.7 Å². The number of nitrogens with zero attached hydrogens (tertiary/aromatic N) is 1. The number of ketones is 1. The Morgan fingerprint density at radius 3 is 2.53 bits per heavy atom. The molecule has 0 fully saturated rings. The fraction of sp³-hybridized carbons (Fsp3) is 0.364. The van der Waals surface area contributed by atoms with Gasteiger partial charge in [-0.1, -0.05) is 0 Å². The van der Waals surface area contributed by atoms with Crippen LogP contribution in [-0.4, -0.2) is 23.9 Å². The van der Waals surface area contributed by atoms with Gasteiger partial charge in [-0.3, -0.25) is 14.9 Å². The normalized spacial score (nSPS) is 11.7. The Balaban J connectivity index is 3.06. The molecule has 1 atom stereocenters. The van der Waals surface area contributed by atoms with Crippen molar-refractivity contribution in [2.75, 3.05) is 7.11 Å². The molecule has 1 rings (SSSR count). The van der Waals surface area contributed by atoms with Crippen LogP contribution in [0.4, 0.5) is 5.69 Å². The van der Waals surface area contributed by atoms with Crippen molar-refractivity contribution in [2.45, 2.75) is 20.0 Å². The third-order valence-electron chi connectivity index (χ3n) is 2.23. The van der Waals surface area contributed by atoms with Crippen LogP contribution in [0.3, 0.4) is 0 Å². The molecule has 6 heteroatoms. The summed E-state index contributed by atoms with van der Waals surface area (Å²) in [6.07, 6.45) is -0.675. The third kappa shape index (κ3) is 3.17. The van der Waals surface area contributed by atoms with Crippen LogP contribution in [0, 0.1) is 10.1 Å². The molecule has 0 aliphatic rings. The zero-order chi connectivity index (χ0) is 13.0. The summed E-state index contributed by atoms with van der Waals surface area (Å²) < 4.78 is 10.3. The molecule has 0 amide bonds. The lowest BCUT2D eigenvalue weighted by Crippen LogP contribution is -2.21. The molecular weight excluding hydrogens is 226 g/mol. The Labute approximate surface area is 98.3 Å². The number of methoxy groups -OCH3 is 1. The van der Waals surface area contributed by atoms with E-state index < -0.39 is 11.0 Å². The minimum absolute atomic E-state index is 0.114. The second-order valence-electron chi connectivity index (χ2n) is 3.46. The molecule has 0 heterocycles. The molecule has 0 unspecified atom stereocenters. The number of Topliss-reactive ketones (excluding diaryl/α,β-unsaturated/α-hetero) is 1. The predicted octanol–water partition coefficient (Wildman–Crippen LogP) is 1.96. The highest BCUT2D eigenvalue weighted by molar-refractivity contribution is 5.80. The van der Waals surface area contributed by atoms with Gasteiger partial charge in [-0.05, 0) is 19.9 Å². The number of rotatable bonds is 5. The van der Waals surface area contributed by atoms with Crippen LogP contribution < -0.4 is 9.47 Å². The highest BCUT2D eigenvalue weighted by Crippen LogP contribution is 2.31. The Bertz CT molecular complexity index is 443. The number of nitro benzene ring substituents is 1. The maximum atomic E-state index is 11.1. The standard InChI is InChI=1S/C11H13NO5/c1-7(13)8(2)17-11-6-9(12(14)15)4-5-10(11)16-3/h4-6,8H,1-3H3/t8-/m0/s1. The van der Waals surface area contributed by atoms with Gasteiger partial charge in [-0.2, -0.15) is 0 Å². The average molecular weight is 239 g/mol. The minimum atomic E-state index is -0.675. The lowest BCUT2D eigenvalue weighted by Gasteiger charge is -2.14. The van der Waals surface area contributed by atoms with Crippen LogP contribution in [0.25, 0.3) is 0 Å². The molecule has 0 N–H and O–H groups in total. The van der Waals surface area contributed by atoms with Gasteiger partial charge < -0.3 is 9.47 Å². The first-order chi connectivity index (χ1) is 7.95. The highest BCUT2D eigenvalue weighted by atomic mass is 16.6. The Morgan fingerprint density at radius 2 is 2.06 bits per heavy atom. The molecule has 1 aromatic rings. The number of non-ortho nitro benzene ring substituents is 1. The molecule has 6 nitrogen and oxygen atoms in total. The van der Waals surface area contributed by atoms with Crippen molar-refractivity contribution < 1.29 is 19.2 Å². The smallest absolute Gasteiger partial charge is 0.273 e. The van der Waals surface area contributed by atoms with Crippen molar-refractivity contribution in [1.29, 1.82) is 0 Å². The summed E-state index contributed by atoms with van der Waals surface area (Å²) in [5, 5.41) is 10.6. The number of ether oxygens (including phenoxy) is 2. The number of hydrogen-bond acceptors (Lipinski definition) is 5. The van der Waals surface area contributed by atoms with Crippen LogP contribution in [0.1, 0.15) is 13.8 Å². The maximum absolute atomic E-state index is 11.1. The number of benzene rings is 1. The molecule has 0 aliphatic heterocycles. The van der Waals surface area contributed by atoms with Crippen molar-refractivity contribution in [3.05, 3.63) is 28.3 Å². The molecule has 0 saturated heterocycles. The van der Waals surface area contributed by atoms with Crippen LogP contribution in [0.5, 0.6) is 11.5 Å². The van der Waals surface area contributed by atoms with Crippen molar-refractivity contribution in [1.82, 2.24) is 0 Å². The molecule has 0 spiro atoms. The van der Waals surface area contributed by atoms with Crippen molar-refractivity contribution in [2.24, 2.45) is 0 Å². The first-order valence-corrected chi connectivity index (χ1v) is 4.95. The lowest BCUT2D eigenvalue weighted by molar-refractivity contribution is -0.385. The van der Waals surface area contributed by atoms with Gasteiger partial charge in [0.15, 0.2) is 23.4 Å². The van der Waals surface area contributed by atoms with Crippen LogP contribution in [0.2, 0.25) is 0 Å². The van der Waals surface area contributed by atoms with E-state index in [0.717, 1.165) is 0 Å². The quantitative estimate of drug-likeness (QED) is 0.579. The first kappa shape index (κ1) is 13.0. The molecule has 0 bridgehead atoms. The second-order valence-corrected chi connectivity index (χ2v) is 3.46. The van der Waals surface area contributed by atoms with E-state index in [9.17, 15) is 14.9 Å². The van der Waals surface area contributed by atoms with E-state index >= 15 is 0 Å². The van der Waals surface area contributed by atoms with E-state index in [1.54, 1.807) is 6.92 Å². The second kappa shape index (κ2) is 5.29. The summed E-state index contributed by atoms with van der Waals surface area (Å²) in [6, 6.07) is 3.97. The molecule has 0 radical (unpaired) electrons. The van der Waals surface area contributed by atoms with E-state index in [-0.39, 0.29) is 17.2 Å². The van der Waals surface area contributed by atoms with Gasteiger partial charge in [0.25, 0.3) is 5.69 Å². The van der Waals surface area contributed by atoms with E-state index in [2.05, 4.69) is 0 Å². The summed E-state index contributed by atoms with van der Waals surface area (Å²) in [6.45, 7) is 2.95. The van der Waals surface area contributed by atoms with Gasteiger partial charge in [0.2, 0.25) is 0 Å². The van der Waals surface area contributed by atoms with Crippen molar-refractivity contribution >= 4 is 11.5 Å². The largest absolute Gasteiger partial charge is 0.493 e. The number of hydrogen-bond donors (Lipinski definition) is 0. The molecule has 1 aromatic carbocycles. The zero-order valence-electron chi connectivity index (χ0n) is 9.80. The Hall–Kier alpha value is -2.11. The summed E-state index contributed by atoms with van der Waals surface area (Å²) in [5.74, 6) is 0.367. The van der Waals surface area contributed by atoms with Crippen LogP contribution >= 0.6 is 0 Å². The number of carbonyl (C=O) groups is 1. The average Bonchev–Trinajstić information content (AvgIpc) is 2.28. The van der Waals surface area contributed by atoms with E-state index in [1.165, 1.54) is 32.2 Å².